The maximum atomic E-state index is 3.90. The molecule has 1 aromatic heterocycles. The highest BCUT2D eigenvalue weighted by Gasteiger charge is 2.39. The number of nitrogens with zero attached hydrogens (tertiary/aromatic N) is 1. The van der Waals surface area contributed by atoms with Crippen LogP contribution in [0.4, 0.5) is 0 Å². The van der Waals surface area contributed by atoms with E-state index in [0.29, 0.717) is 12.1 Å². The van der Waals surface area contributed by atoms with Crippen LogP contribution >= 0.6 is 11.3 Å². The van der Waals surface area contributed by atoms with Crippen LogP contribution in [-0.4, -0.2) is 29.6 Å². The molecule has 2 fully saturated rings. The number of fused-ring (bicyclic) bond motifs is 1. The Morgan fingerprint density at radius 2 is 2.20 bits per heavy atom. The first kappa shape index (κ1) is 13.3. The number of hydrogen-bond donors (Lipinski definition) is 1. The van der Waals surface area contributed by atoms with Crippen molar-refractivity contribution in [1.29, 1.82) is 0 Å². The quantitative estimate of drug-likeness (QED) is 0.913. The van der Waals surface area contributed by atoms with Crippen molar-refractivity contribution in [3.63, 3.8) is 0 Å². The molecule has 2 nitrogen and oxygen atoms in total. The molecule has 3 aliphatic rings. The van der Waals surface area contributed by atoms with Crippen molar-refractivity contribution in [2.24, 2.45) is 0 Å². The number of likely N-dealkylation sites (tertiary alicyclic amines) is 1. The Balaban J connectivity index is 1.38. The van der Waals surface area contributed by atoms with Gasteiger partial charge in [-0.2, -0.15) is 0 Å². The molecule has 3 atom stereocenters. The monoisotopic (exact) mass is 290 g/mol. The average Bonchev–Trinajstić information content (AvgIpc) is 2.85. The number of rotatable bonds is 4. The van der Waals surface area contributed by atoms with Gasteiger partial charge in [-0.1, -0.05) is 0 Å². The van der Waals surface area contributed by atoms with Gasteiger partial charge >= 0.3 is 0 Å². The molecule has 3 heteroatoms. The van der Waals surface area contributed by atoms with E-state index in [0.717, 1.165) is 12.1 Å². The van der Waals surface area contributed by atoms with Crippen LogP contribution in [-0.2, 0) is 12.8 Å². The van der Waals surface area contributed by atoms with Gasteiger partial charge in [-0.3, -0.25) is 4.90 Å². The SMILES string of the molecule is CC(NC1CC(C)N(C2CC2)C1)c1cc2c(s1)CCC2. The smallest absolute Gasteiger partial charge is 0.0388 e. The van der Waals surface area contributed by atoms with Gasteiger partial charge in [0.15, 0.2) is 0 Å². The summed E-state index contributed by atoms with van der Waals surface area (Å²) in [5, 5.41) is 3.90. The summed E-state index contributed by atoms with van der Waals surface area (Å²) in [6.45, 7) is 6.02. The van der Waals surface area contributed by atoms with Crippen LogP contribution in [0.5, 0.6) is 0 Å². The summed E-state index contributed by atoms with van der Waals surface area (Å²) >= 11 is 2.06. The van der Waals surface area contributed by atoms with Crippen LogP contribution in [0.15, 0.2) is 6.07 Å². The van der Waals surface area contributed by atoms with Crippen LogP contribution in [0.3, 0.4) is 0 Å². The molecule has 20 heavy (non-hydrogen) atoms. The Bertz CT molecular complexity index is 470. The molecule has 2 aliphatic carbocycles. The van der Waals surface area contributed by atoms with E-state index >= 15 is 0 Å². The zero-order valence-electron chi connectivity index (χ0n) is 12.7. The minimum Gasteiger partial charge on any atom is -0.305 e. The van der Waals surface area contributed by atoms with Crippen molar-refractivity contribution >= 4 is 11.3 Å². The molecule has 2 heterocycles. The summed E-state index contributed by atoms with van der Waals surface area (Å²) in [6.07, 6.45) is 8.21. The number of nitrogens with one attached hydrogen (secondary N) is 1. The summed E-state index contributed by atoms with van der Waals surface area (Å²) in [6, 6.07) is 5.39. The van der Waals surface area contributed by atoms with Crippen LogP contribution < -0.4 is 5.32 Å². The topological polar surface area (TPSA) is 15.3 Å². The lowest BCUT2D eigenvalue weighted by molar-refractivity contribution is 0.254. The predicted octanol–water partition coefficient (Wildman–Crippen LogP) is 3.51. The van der Waals surface area contributed by atoms with Crippen molar-refractivity contribution in [2.75, 3.05) is 6.54 Å². The fourth-order valence-corrected chi connectivity index (χ4v) is 5.36. The fraction of sp³-hybridized carbons (Fsp3) is 0.765. The number of hydrogen-bond acceptors (Lipinski definition) is 3. The minimum absolute atomic E-state index is 0.530. The molecule has 1 N–H and O–H groups in total. The van der Waals surface area contributed by atoms with E-state index in [1.54, 1.807) is 15.3 Å². The number of aryl methyl sites for hydroxylation is 2. The van der Waals surface area contributed by atoms with Gasteiger partial charge in [0.05, 0.1) is 0 Å². The normalized spacial score (nSPS) is 31.7. The third-order valence-electron chi connectivity index (χ3n) is 5.32. The first-order valence-corrected chi connectivity index (χ1v) is 9.15. The summed E-state index contributed by atoms with van der Waals surface area (Å²) in [5.41, 5.74) is 1.64. The van der Waals surface area contributed by atoms with E-state index in [1.807, 2.05) is 0 Å². The molecule has 0 amide bonds. The molecule has 1 aliphatic heterocycles. The van der Waals surface area contributed by atoms with Crippen molar-refractivity contribution in [2.45, 2.75) is 76.5 Å². The van der Waals surface area contributed by atoms with Gasteiger partial charge in [0.1, 0.15) is 0 Å². The Labute approximate surface area is 126 Å². The second-order valence-electron chi connectivity index (χ2n) is 7.05. The summed E-state index contributed by atoms with van der Waals surface area (Å²) < 4.78 is 0. The van der Waals surface area contributed by atoms with Gasteiger partial charge in [-0.25, -0.2) is 0 Å². The molecule has 0 radical (unpaired) electrons. The standard InChI is InChI=1S/C17H26N2S/c1-11-8-14(10-19(11)15-6-7-15)18-12(2)17-9-13-4-3-5-16(13)20-17/h9,11-12,14-15,18H,3-8,10H2,1-2H3. The largest absolute Gasteiger partial charge is 0.305 e. The van der Waals surface area contributed by atoms with Gasteiger partial charge in [0.2, 0.25) is 0 Å². The highest BCUT2D eigenvalue weighted by atomic mass is 32.1. The lowest BCUT2D eigenvalue weighted by atomic mass is 10.1. The summed E-state index contributed by atoms with van der Waals surface area (Å²) in [5.74, 6) is 0. The fourth-order valence-electron chi connectivity index (χ4n) is 4.09. The lowest BCUT2D eigenvalue weighted by Crippen LogP contribution is -2.35. The van der Waals surface area contributed by atoms with Gasteiger partial charge in [0.25, 0.3) is 0 Å². The molecule has 1 saturated carbocycles. The molecule has 0 spiro atoms. The molecule has 1 saturated heterocycles. The highest BCUT2D eigenvalue weighted by Crippen LogP contribution is 2.36. The maximum Gasteiger partial charge on any atom is 0.0388 e. The van der Waals surface area contributed by atoms with Crippen molar-refractivity contribution < 1.29 is 0 Å². The molecular formula is C17H26N2S. The molecular weight excluding hydrogens is 264 g/mol. The van der Waals surface area contributed by atoms with Crippen LogP contribution in [0.25, 0.3) is 0 Å². The van der Waals surface area contributed by atoms with E-state index in [9.17, 15) is 0 Å². The van der Waals surface area contributed by atoms with Gasteiger partial charge in [0, 0.05) is 40.5 Å². The van der Waals surface area contributed by atoms with Crippen molar-refractivity contribution in [1.82, 2.24) is 10.2 Å². The third-order valence-corrected chi connectivity index (χ3v) is 6.74. The van der Waals surface area contributed by atoms with E-state index < -0.39 is 0 Å². The highest BCUT2D eigenvalue weighted by molar-refractivity contribution is 7.12. The van der Waals surface area contributed by atoms with E-state index in [1.165, 1.54) is 45.1 Å². The maximum absolute atomic E-state index is 3.90. The first-order valence-electron chi connectivity index (χ1n) is 8.34. The minimum atomic E-state index is 0.530. The van der Waals surface area contributed by atoms with Crippen molar-refractivity contribution in [3.05, 3.63) is 21.4 Å². The van der Waals surface area contributed by atoms with E-state index in [4.69, 9.17) is 0 Å². The van der Waals surface area contributed by atoms with Gasteiger partial charge < -0.3 is 5.32 Å². The first-order chi connectivity index (χ1) is 9.70. The second-order valence-corrected chi connectivity index (χ2v) is 8.22. The zero-order chi connectivity index (χ0) is 13.7. The molecule has 3 unspecified atom stereocenters. The van der Waals surface area contributed by atoms with E-state index in [-0.39, 0.29) is 0 Å². The summed E-state index contributed by atoms with van der Waals surface area (Å²) in [7, 11) is 0. The van der Waals surface area contributed by atoms with Crippen LogP contribution in [0, 0.1) is 0 Å². The Morgan fingerprint density at radius 1 is 1.35 bits per heavy atom. The Hall–Kier alpha value is -0.380. The summed E-state index contributed by atoms with van der Waals surface area (Å²) in [4.78, 5) is 5.96. The van der Waals surface area contributed by atoms with Crippen LogP contribution in [0.1, 0.15) is 60.9 Å². The molecule has 110 valence electrons. The molecule has 4 rings (SSSR count). The predicted molar refractivity (Wildman–Crippen MR) is 85.5 cm³/mol. The molecule has 0 bridgehead atoms. The molecule has 1 aromatic rings. The average molecular weight is 290 g/mol. The Kier molecular flexibility index (Phi) is 3.40. The molecule has 0 aromatic carbocycles. The second kappa shape index (κ2) is 5.11. The van der Waals surface area contributed by atoms with Gasteiger partial charge in [-0.05, 0) is 64.0 Å². The number of thiophene rings is 1. The van der Waals surface area contributed by atoms with Crippen molar-refractivity contribution in [3.8, 4) is 0 Å². The van der Waals surface area contributed by atoms with Crippen LogP contribution in [0.2, 0.25) is 0 Å². The Morgan fingerprint density at radius 3 is 2.95 bits per heavy atom. The zero-order valence-corrected chi connectivity index (χ0v) is 13.5. The third kappa shape index (κ3) is 2.44. The van der Waals surface area contributed by atoms with Gasteiger partial charge in [-0.15, -0.1) is 11.3 Å². The lowest BCUT2D eigenvalue weighted by Gasteiger charge is -2.21. The van der Waals surface area contributed by atoms with E-state index in [2.05, 4.69) is 41.5 Å².